The molecular weight excluding hydrogens is 482 g/mol. The summed E-state index contributed by atoms with van der Waals surface area (Å²) in [6, 6.07) is 6.60. The zero-order chi connectivity index (χ0) is 24.2. The van der Waals surface area contributed by atoms with E-state index in [1.807, 2.05) is 0 Å². The lowest BCUT2D eigenvalue weighted by Crippen LogP contribution is -2.48. The average molecular weight is 501 g/mol. The molecule has 0 fully saturated rings. The molecule has 0 saturated heterocycles. The molecule has 0 aromatic heterocycles. The van der Waals surface area contributed by atoms with Crippen molar-refractivity contribution in [1.29, 1.82) is 0 Å². The van der Waals surface area contributed by atoms with Crippen molar-refractivity contribution < 1.29 is 36.2 Å². The Morgan fingerprint density at radius 1 is 1.06 bits per heavy atom. The Morgan fingerprint density at radius 3 is 2.28 bits per heavy atom. The van der Waals surface area contributed by atoms with Gasteiger partial charge in [0.1, 0.15) is 0 Å². The number of thioether (sulfide) groups is 1. The number of nitrogens with one attached hydrogen (secondary N) is 2. The van der Waals surface area contributed by atoms with E-state index in [4.69, 9.17) is 11.6 Å². The maximum atomic E-state index is 13.7. The normalized spacial score (nSPS) is 14.0. The fraction of sp³-hybridized carbons (Fsp3) is 0.350. The van der Waals surface area contributed by atoms with E-state index in [-0.39, 0.29) is 35.0 Å². The fourth-order valence-corrected chi connectivity index (χ4v) is 3.34. The number of hydrogen-bond acceptors (Lipinski definition) is 4. The lowest BCUT2D eigenvalue weighted by atomic mass is 9.91. The van der Waals surface area contributed by atoms with Gasteiger partial charge in [0.2, 0.25) is 11.5 Å². The largest absolute Gasteiger partial charge is 0.423 e. The number of benzene rings is 2. The van der Waals surface area contributed by atoms with Gasteiger partial charge in [-0.25, -0.2) is 0 Å². The van der Waals surface area contributed by atoms with E-state index in [1.54, 1.807) is 6.26 Å². The second kappa shape index (κ2) is 10.2. The van der Waals surface area contributed by atoms with Crippen molar-refractivity contribution in [1.82, 2.24) is 5.32 Å². The molecule has 4 nitrogen and oxygen atoms in total. The second-order valence-electron chi connectivity index (χ2n) is 6.81. The summed E-state index contributed by atoms with van der Waals surface area (Å²) in [6.45, 7) is -1.05. The van der Waals surface area contributed by atoms with E-state index in [2.05, 4.69) is 10.6 Å². The van der Waals surface area contributed by atoms with Gasteiger partial charge in [-0.15, -0.1) is 0 Å². The van der Waals surface area contributed by atoms with Crippen LogP contribution in [0.1, 0.15) is 16.7 Å². The number of rotatable bonds is 8. The van der Waals surface area contributed by atoms with Gasteiger partial charge < -0.3 is 15.7 Å². The van der Waals surface area contributed by atoms with Gasteiger partial charge in [-0.2, -0.15) is 38.1 Å². The van der Waals surface area contributed by atoms with Crippen molar-refractivity contribution in [3.05, 3.63) is 64.2 Å². The summed E-state index contributed by atoms with van der Waals surface area (Å²) in [5.41, 5.74) is -5.25. The number of aliphatic hydroxyl groups is 1. The van der Waals surface area contributed by atoms with Crippen LogP contribution in [0.25, 0.3) is 0 Å². The number of hydrogen-bond donors (Lipinski definition) is 3. The van der Waals surface area contributed by atoms with Gasteiger partial charge in [0.25, 0.3) is 0 Å². The maximum Gasteiger partial charge on any atom is 0.423 e. The van der Waals surface area contributed by atoms with Gasteiger partial charge in [-0.05, 0) is 41.6 Å². The van der Waals surface area contributed by atoms with Crippen LogP contribution in [-0.4, -0.2) is 35.7 Å². The number of carbonyl (C=O) groups excluding carboxylic acids is 1. The molecule has 2 aromatic carbocycles. The first-order valence-corrected chi connectivity index (χ1v) is 10.8. The summed E-state index contributed by atoms with van der Waals surface area (Å²) in [4.78, 5) is 11.5. The first kappa shape index (κ1) is 26.1. The van der Waals surface area contributed by atoms with Gasteiger partial charge in [0, 0.05) is 17.3 Å². The van der Waals surface area contributed by atoms with Crippen LogP contribution < -0.4 is 10.6 Å². The number of anilines is 1. The van der Waals surface area contributed by atoms with Crippen LogP contribution in [0.15, 0.2) is 42.5 Å². The van der Waals surface area contributed by atoms with Crippen molar-refractivity contribution in [2.75, 3.05) is 23.9 Å². The molecule has 0 spiro atoms. The first-order valence-electron chi connectivity index (χ1n) is 9.02. The Labute approximate surface area is 189 Å². The van der Waals surface area contributed by atoms with E-state index >= 15 is 0 Å². The minimum absolute atomic E-state index is 0.101. The molecular formula is C20H19ClF6N2O2S. The topological polar surface area (TPSA) is 61.4 Å². The molecule has 0 aliphatic heterocycles. The van der Waals surface area contributed by atoms with Gasteiger partial charge >= 0.3 is 12.4 Å². The van der Waals surface area contributed by atoms with Crippen molar-refractivity contribution in [3.63, 3.8) is 0 Å². The predicted octanol–water partition coefficient (Wildman–Crippen LogP) is 5.20. The molecule has 0 aliphatic rings. The summed E-state index contributed by atoms with van der Waals surface area (Å²) in [5, 5.41) is 15.5. The molecule has 176 valence electrons. The molecule has 32 heavy (non-hydrogen) atoms. The summed E-state index contributed by atoms with van der Waals surface area (Å²) >= 11 is 7.44. The molecule has 0 bridgehead atoms. The van der Waals surface area contributed by atoms with Crippen LogP contribution in [0.2, 0.25) is 5.02 Å². The molecule has 0 saturated carbocycles. The Balaban J connectivity index is 2.21. The van der Waals surface area contributed by atoms with Crippen LogP contribution >= 0.6 is 23.4 Å². The molecule has 0 heterocycles. The van der Waals surface area contributed by atoms with E-state index in [9.17, 15) is 36.2 Å². The standard InChI is InChI=1S/C20H19ClF6N2O2S/c1-32-10-17(30)28-9-12-5-6-15(8-16(12)21)29-11-18(31,20(25,26)27)13-3-2-4-14(7-13)19(22,23)24/h2-8,29,31H,9-11H2,1H3,(H,28,30)/t18-/m1/s1. The molecule has 3 N–H and O–H groups in total. The molecule has 1 amide bonds. The van der Waals surface area contributed by atoms with Gasteiger partial charge in [0.05, 0.1) is 17.9 Å². The minimum atomic E-state index is -5.27. The van der Waals surface area contributed by atoms with Crippen molar-refractivity contribution >= 4 is 35.0 Å². The third-order valence-corrected chi connectivity index (χ3v) is 5.39. The van der Waals surface area contributed by atoms with Crippen LogP contribution in [0.3, 0.4) is 0 Å². The smallest absolute Gasteiger partial charge is 0.381 e. The number of halogens is 7. The predicted molar refractivity (Wildman–Crippen MR) is 112 cm³/mol. The highest BCUT2D eigenvalue weighted by Crippen LogP contribution is 2.41. The highest BCUT2D eigenvalue weighted by molar-refractivity contribution is 7.99. The van der Waals surface area contributed by atoms with E-state index in [0.29, 0.717) is 11.6 Å². The third-order valence-electron chi connectivity index (χ3n) is 4.49. The molecule has 0 unspecified atom stereocenters. The Bertz CT molecular complexity index is 954. The molecule has 2 rings (SSSR count). The number of alkyl halides is 6. The highest BCUT2D eigenvalue weighted by Gasteiger charge is 2.55. The summed E-state index contributed by atoms with van der Waals surface area (Å²) < 4.78 is 79.8. The summed E-state index contributed by atoms with van der Waals surface area (Å²) in [5.74, 6) is 0.0371. The lowest BCUT2D eigenvalue weighted by Gasteiger charge is -2.32. The lowest BCUT2D eigenvalue weighted by molar-refractivity contribution is -0.260. The molecule has 12 heteroatoms. The quantitative estimate of drug-likeness (QED) is 0.436. The molecule has 0 aliphatic carbocycles. The van der Waals surface area contributed by atoms with Crippen LogP contribution in [-0.2, 0) is 23.1 Å². The zero-order valence-corrected chi connectivity index (χ0v) is 18.1. The van der Waals surface area contributed by atoms with Crippen molar-refractivity contribution in [2.24, 2.45) is 0 Å². The monoisotopic (exact) mass is 500 g/mol. The third kappa shape index (κ3) is 6.46. The van der Waals surface area contributed by atoms with E-state index < -0.39 is 35.6 Å². The Hall–Kier alpha value is -2.11. The average Bonchev–Trinajstić information content (AvgIpc) is 2.70. The molecule has 1 atom stereocenters. The molecule has 2 aromatic rings. The number of carbonyl (C=O) groups is 1. The van der Waals surface area contributed by atoms with Crippen LogP contribution in [0.5, 0.6) is 0 Å². The van der Waals surface area contributed by atoms with Crippen molar-refractivity contribution in [3.8, 4) is 0 Å². The highest BCUT2D eigenvalue weighted by atomic mass is 35.5. The molecule has 0 radical (unpaired) electrons. The SMILES string of the molecule is CSCC(=O)NCc1ccc(NC[C@@](O)(c2cccc(C(F)(F)F)c2)C(F)(F)F)cc1Cl. The van der Waals surface area contributed by atoms with E-state index in [0.717, 1.165) is 12.1 Å². The van der Waals surface area contributed by atoms with Gasteiger partial charge in [-0.3, -0.25) is 4.79 Å². The van der Waals surface area contributed by atoms with Crippen molar-refractivity contribution in [2.45, 2.75) is 24.5 Å². The Morgan fingerprint density at radius 2 is 1.72 bits per heavy atom. The zero-order valence-electron chi connectivity index (χ0n) is 16.6. The van der Waals surface area contributed by atoms with Crippen LogP contribution in [0, 0.1) is 0 Å². The van der Waals surface area contributed by atoms with Crippen LogP contribution in [0.4, 0.5) is 32.0 Å². The second-order valence-corrected chi connectivity index (χ2v) is 8.08. The minimum Gasteiger partial charge on any atom is -0.381 e. The maximum absolute atomic E-state index is 13.7. The van der Waals surface area contributed by atoms with Gasteiger partial charge in [-0.1, -0.05) is 29.8 Å². The fourth-order valence-electron chi connectivity index (χ4n) is 2.73. The van der Waals surface area contributed by atoms with E-state index in [1.165, 1.54) is 30.0 Å². The Kier molecular flexibility index (Phi) is 8.35. The van der Waals surface area contributed by atoms with Gasteiger partial charge in [0.15, 0.2) is 0 Å². The number of amides is 1. The summed E-state index contributed by atoms with van der Waals surface area (Å²) in [6.07, 6.45) is -8.38. The first-order chi connectivity index (χ1) is 14.8. The summed E-state index contributed by atoms with van der Waals surface area (Å²) in [7, 11) is 0.